The molecule has 3 atom stereocenters. The number of ether oxygens (including phenoxy) is 1. The summed E-state index contributed by atoms with van der Waals surface area (Å²) >= 11 is 0. The lowest BCUT2D eigenvalue weighted by molar-refractivity contribution is 0.415. The Hall–Kier alpha value is -3.25. The normalized spacial score (nSPS) is 21.1. The number of rotatable bonds is 5. The van der Waals surface area contributed by atoms with Crippen molar-refractivity contribution >= 4 is 21.4 Å². The molecule has 35 heavy (non-hydrogen) atoms. The molecule has 182 valence electrons. The number of anilines is 2. The van der Waals surface area contributed by atoms with E-state index >= 15 is 0 Å². The third-order valence-electron chi connectivity index (χ3n) is 7.10. The maximum Gasteiger partial charge on any atom is 0.261 e. The minimum atomic E-state index is -3.74. The Morgan fingerprint density at radius 1 is 1.00 bits per heavy atom. The van der Waals surface area contributed by atoms with E-state index in [0.717, 1.165) is 17.7 Å². The second-order valence-electron chi connectivity index (χ2n) is 10.4. The fourth-order valence-corrected chi connectivity index (χ4v) is 6.25. The summed E-state index contributed by atoms with van der Waals surface area (Å²) < 4.78 is 34.3. The summed E-state index contributed by atoms with van der Waals surface area (Å²) in [6.07, 6.45) is 5.41. The Morgan fingerprint density at radius 2 is 1.77 bits per heavy atom. The van der Waals surface area contributed by atoms with Gasteiger partial charge < -0.3 is 10.1 Å². The number of nitrogens with one attached hydrogen (secondary N) is 2. The van der Waals surface area contributed by atoms with Crippen LogP contribution in [0.15, 0.2) is 83.8 Å². The molecule has 5 rings (SSSR count). The molecule has 1 heterocycles. The second-order valence-corrected chi connectivity index (χ2v) is 12.1. The lowest BCUT2D eigenvalue weighted by Crippen LogP contribution is -2.29. The quantitative estimate of drug-likeness (QED) is 0.396. The van der Waals surface area contributed by atoms with Gasteiger partial charge in [-0.15, -0.1) is 0 Å². The number of benzene rings is 3. The number of allylic oxidation sites excluding steroid dienone is 2. The Morgan fingerprint density at radius 3 is 2.49 bits per heavy atom. The molecule has 0 spiro atoms. The number of sulfonamides is 1. The third-order valence-corrected chi connectivity index (χ3v) is 8.48. The maximum absolute atomic E-state index is 13.2. The zero-order valence-corrected chi connectivity index (χ0v) is 21.4. The van der Waals surface area contributed by atoms with Gasteiger partial charge in [0.05, 0.1) is 23.7 Å². The SMILES string of the molecule is COc1cccc(NS(=O)(=O)c2ccc3c(c2)[C@H]2C=CC[C@H]2[C@@H](c2ccc(C(C)(C)C)cc2)N3)c1. The smallest absolute Gasteiger partial charge is 0.261 e. The first-order valence-electron chi connectivity index (χ1n) is 12.0. The molecular weight excluding hydrogens is 456 g/mol. The molecule has 1 aliphatic heterocycles. The molecule has 1 aliphatic carbocycles. The van der Waals surface area contributed by atoms with Crippen LogP contribution in [0.3, 0.4) is 0 Å². The van der Waals surface area contributed by atoms with Crippen LogP contribution < -0.4 is 14.8 Å². The number of methoxy groups -OCH3 is 1. The van der Waals surface area contributed by atoms with Gasteiger partial charge in [0, 0.05) is 17.7 Å². The predicted octanol–water partition coefficient (Wildman–Crippen LogP) is 6.62. The zero-order valence-electron chi connectivity index (χ0n) is 20.6. The van der Waals surface area contributed by atoms with Crippen LogP contribution in [-0.4, -0.2) is 15.5 Å². The summed E-state index contributed by atoms with van der Waals surface area (Å²) in [5, 5.41) is 3.71. The van der Waals surface area contributed by atoms with Crippen molar-refractivity contribution in [2.24, 2.45) is 5.92 Å². The van der Waals surface area contributed by atoms with Crippen LogP contribution in [0.1, 0.15) is 55.8 Å². The lowest BCUT2D eigenvalue weighted by atomic mass is 9.76. The standard InChI is InChI=1S/C29H32N2O3S/c1-29(2,3)20-13-11-19(12-14-20)28-25-10-6-9-24(25)26-18-23(15-16-27(26)30-28)35(32,33)31-21-7-5-8-22(17-21)34-4/h5-9,11-18,24-25,28,30-31H,10H2,1-4H3/t24-,25+,28+/m0/s1. The average Bonchev–Trinajstić information content (AvgIpc) is 3.33. The van der Waals surface area contributed by atoms with Crippen molar-refractivity contribution in [1.82, 2.24) is 0 Å². The van der Waals surface area contributed by atoms with Crippen LogP contribution in [0.25, 0.3) is 0 Å². The number of hydrogen-bond acceptors (Lipinski definition) is 4. The van der Waals surface area contributed by atoms with Gasteiger partial charge in [0.2, 0.25) is 0 Å². The maximum atomic E-state index is 13.2. The minimum Gasteiger partial charge on any atom is -0.497 e. The first-order chi connectivity index (χ1) is 16.7. The van der Waals surface area contributed by atoms with Crippen molar-refractivity contribution in [2.45, 2.75) is 49.5 Å². The minimum absolute atomic E-state index is 0.114. The van der Waals surface area contributed by atoms with Crippen molar-refractivity contribution in [3.63, 3.8) is 0 Å². The fourth-order valence-electron chi connectivity index (χ4n) is 5.16. The number of hydrogen-bond donors (Lipinski definition) is 2. The van der Waals surface area contributed by atoms with E-state index in [0.29, 0.717) is 17.4 Å². The molecule has 6 heteroatoms. The Balaban J connectivity index is 1.45. The third kappa shape index (κ3) is 4.55. The molecular formula is C29H32N2O3S. The van der Waals surface area contributed by atoms with Crippen molar-refractivity contribution in [1.29, 1.82) is 0 Å². The monoisotopic (exact) mass is 488 g/mol. The van der Waals surface area contributed by atoms with Gasteiger partial charge in [-0.2, -0.15) is 0 Å². The van der Waals surface area contributed by atoms with Gasteiger partial charge in [0.1, 0.15) is 5.75 Å². The van der Waals surface area contributed by atoms with Crippen LogP contribution in [0.5, 0.6) is 5.75 Å². The van der Waals surface area contributed by atoms with Gasteiger partial charge in [-0.1, -0.05) is 63.3 Å². The molecule has 0 saturated carbocycles. The van der Waals surface area contributed by atoms with E-state index in [1.165, 1.54) is 11.1 Å². The van der Waals surface area contributed by atoms with Crippen LogP contribution in [0.4, 0.5) is 11.4 Å². The highest BCUT2D eigenvalue weighted by Crippen LogP contribution is 2.50. The van der Waals surface area contributed by atoms with Gasteiger partial charge in [-0.25, -0.2) is 8.42 Å². The Kier molecular flexibility index (Phi) is 5.88. The number of fused-ring (bicyclic) bond motifs is 3. The summed E-state index contributed by atoms with van der Waals surface area (Å²) in [6.45, 7) is 6.68. The zero-order chi connectivity index (χ0) is 24.8. The van der Waals surface area contributed by atoms with E-state index in [4.69, 9.17) is 4.74 Å². The van der Waals surface area contributed by atoms with E-state index in [1.54, 1.807) is 37.4 Å². The van der Waals surface area contributed by atoms with Crippen molar-refractivity contribution < 1.29 is 13.2 Å². The van der Waals surface area contributed by atoms with E-state index in [2.05, 4.69) is 67.2 Å². The first kappa shape index (κ1) is 23.5. The lowest BCUT2D eigenvalue weighted by Gasteiger charge is -2.38. The molecule has 0 bridgehead atoms. The van der Waals surface area contributed by atoms with Gasteiger partial charge in [0.15, 0.2) is 0 Å². The van der Waals surface area contributed by atoms with E-state index in [9.17, 15) is 8.42 Å². The molecule has 0 aromatic heterocycles. The van der Waals surface area contributed by atoms with Crippen LogP contribution in [-0.2, 0) is 15.4 Å². The highest BCUT2D eigenvalue weighted by molar-refractivity contribution is 7.92. The van der Waals surface area contributed by atoms with Crippen LogP contribution in [0.2, 0.25) is 0 Å². The fraction of sp³-hybridized carbons (Fsp3) is 0.310. The summed E-state index contributed by atoms with van der Waals surface area (Å²) in [7, 11) is -2.19. The predicted molar refractivity (Wildman–Crippen MR) is 142 cm³/mol. The van der Waals surface area contributed by atoms with E-state index < -0.39 is 10.0 Å². The molecule has 0 amide bonds. The Labute approximate surface area is 208 Å². The Bertz CT molecular complexity index is 1370. The summed E-state index contributed by atoms with van der Waals surface area (Å²) in [4.78, 5) is 0.257. The van der Waals surface area contributed by atoms with Crippen molar-refractivity contribution in [3.05, 3.63) is 95.6 Å². The van der Waals surface area contributed by atoms with Gasteiger partial charge in [0.25, 0.3) is 10.0 Å². The van der Waals surface area contributed by atoms with E-state index in [-0.39, 0.29) is 22.3 Å². The van der Waals surface area contributed by atoms with Crippen molar-refractivity contribution in [2.75, 3.05) is 17.1 Å². The molecule has 0 unspecified atom stereocenters. The largest absolute Gasteiger partial charge is 0.497 e. The molecule has 5 nitrogen and oxygen atoms in total. The van der Waals surface area contributed by atoms with Gasteiger partial charge in [-0.05, 0) is 64.8 Å². The summed E-state index contributed by atoms with van der Waals surface area (Å²) in [5.41, 5.74) is 5.18. The molecule has 0 fully saturated rings. The molecule has 3 aromatic rings. The molecule has 0 radical (unpaired) electrons. The van der Waals surface area contributed by atoms with Crippen molar-refractivity contribution in [3.8, 4) is 5.75 Å². The average molecular weight is 489 g/mol. The summed E-state index contributed by atoms with van der Waals surface area (Å²) in [6, 6.07) is 21.4. The topological polar surface area (TPSA) is 67.4 Å². The molecule has 2 N–H and O–H groups in total. The molecule has 3 aromatic carbocycles. The van der Waals surface area contributed by atoms with Crippen LogP contribution in [0, 0.1) is 5.92 Å². The highest BCUT2D eigenvalue weighted by atomic mass is 32.2. The molecule has 2 aliphatic rings. The van der Waals surface area contributed by atoms with Crippen LogP contribution >= 0.6 is 0 Å². The molecule has 0 saturated heterocycles. The first-order valence-corrected chi connectivity index (χ1v) is 13.5. The van der Waals surface area contributed by atoms with Gasteiger partial charge in [-0.3, -0.25) is 4.72 Å². The van der Waals surface area contributed by atoms with E-state index in [1.807, 2.05) is 12.1 Å². The summed E-state index contributed by atoms with van der Waals surface area (Å²) in [5.74, 6) is 1.11. The highest BCUT2D eigenvalue weighted by Gasteiger charge is 2.38. The second kappa shape index (κ2) is 8.76. The van der Waals surface area contributed by atoms with Gasteiger partial charge >= 0.3 is 0 Å².